The number of fused-ring (bicyclic) bond motifs is 1. The van der Waals surface area contributed by atoms with Crippen molar-refractivity contribution >= 4 is 23.0 Å². The van der Waals surface area contributed by atoms with E-state index in [0.29, 0.717) is 13.1 Å². The number of nitrogens with zero attached hydrogens (tertiary/aromatic N) is 6. The highest BCUT2D eigenvalue weighted by atomic mass is 16.3. The van der Waals surface area contributed by atoms with Crippen molar-refractivity contribution < 1.29 is 9.21 Å². The van der Waals surface area contributed by atoms with Crippen LogP contribution in [0.4, 0.5) is 5.95 Å². The van der Waals surface area contributed by atoms with Crippen molar-refractivity contribution in [2.45, 2.75) is 31.7 Å². The van der Waals surface area contributed by atoms with Crippen molar-refractivity contribution in [1.82, 2.24) is 24.8 Å². The summed E-state index contributed by atoms with van der Waals surface area (Å²) in [6.45, 7) is 6.68. The van der Waals surface area contributed by atoms with Crippen LogP contribution in [0.3, 0.4) is 0 Å². The molecule has 0 spiro atoms. The van der Waals surface area contributed by atoms with Crippen molar-refractivity contribution in [2.75, 3.05) is 44.2 Å². The van der Waals surface area contributed by atoms with Gasteiger partial charge in [-0.2, -0.15) is 0 Å². The summed E-state index contributed by atoms with van der Waals surface area (Å²) < 4.78 is 6.02. The van der Waals surface area contributed by atoms with Gasteiger partial charge in [-0.05, 0) is 44.5 Å². The van der Waals surface area contributed by atoms with Gasteiger partial charge < -0.3 is 14.2 Å². The van der Waals surface area contributed by atoms with Crippen molar-refractivity contribution in [3.05, 3.63) is 48.6 Å². The van der Waals surface area contributed by atoms with Gasteiger partial charge in [0.15, 0.2) is 11.5 Å². The molecule has 2 fully saturated rings. The quantitative estimate of drug-likeness (QED) is 0.642. The van der Waals surface area contributed by atoms with Gasteiger partial charge in [-0.3, -0.25) is 9.69 Å². The third-order valence-corrected chi connectivity index (χ3v) is 6.44. The summed E-state index contributed by atoms with van der Waals surface area (Å²) in [6, 6.07) is 9.55. The van der Waals surface area contributed by atoms with Gasteiger partial charge in [0.2, 0.25) is 11.9 Å². The van der Waals surface area contributed by atoms with E-state index in [9.17, 15) is 4.79 Å². The molecular weight excluding hydrogens is 392 g/mol. The molecule has 8 heteroatoms. The van der Waals surface area contributed by atoms with Crippen LogP contribution >= 0.6 is 0 Å². The first-order chi connectivity index (χ1) is 15.2. The number of carbonyl (C=O) groups is 1. The van der Waals surface area contributed by atoms with E-state index >= 15 is 0 Å². The van der Waals surface area contributed by atoms with Crippen molar-refractivity contribution in [1.29, 1.82) is 0 Å². The highest BCUT2D eigenvalue weighted by molar-refractivity contribution is 5.81. The number of anilines is 1. The Balaban J connectivity index is 1.20. The lowest BCUT2D eigenvalue weighted by molar-refractivity contribution is -0.137. The fourth-order valence-corrected chi connectivity index (χ4v) is 4.63. The van der Waals surface area contributed by atoms with Crippen LogP contribution in [0.25, 0.3) is 11.1 Å². The molecule has 0 bridgehead atoms. The summed E-state index contributed by atoms with van der Waals surface area (Å²) in [7, 11) is 0. The third-order valence-electron chi connectivity index (χ3n) is 6.44. The summed E-state index contributed by atoms with van der Waals surface area (Å²) in [4.78, 5) is 33.0. The summed E-state index contributed by atoms with van der Waals surface area (Å²) >= 11 is 0. The van der Waals surface area contributed by atoms with Crippen LogP contribution < -0.4 is 4.90 Å². The molecule has 31 heavy (non-hydrogen) atoms. The highest BCUT2D eigenvalue weighted by Crippen LogP contribution is 2.30. The summed E-state index contributed by atoms with van der Waals surface area (Å²) in [5.41, 5.74) is 1.73. The Labute approximate surface area is 181 Å². The zero-order chi connectivity index (χ0) is 21.2. The minimum atomic E-state index is -0.147. The molecule has 0 N–H and O–H groups in total. The van der Waals surface area contributed by atoms with Gasteiger partial charge >= 0.3 is 0 Å². The van der Waals surface area contributed by atoms with Crippen LogP contribution in [0.1, 0.15) is 31.6 Å². The van der Waals surface area contributed by atoms with E-state index in [-0.39, 0.29) is 17.9 Å². The first-order valence-corrected chi connectivity index (χ1v) is 11.1. The highest BCUT2D eigenvalue weighted by Gasteiger charge is 2.33. The minimum Gasteiger partial charge on any atom is -0.440 e. The number of carbonyl (C=O) groups excluding carboxylic acids is 1. The second-order valence-corrected chi connectivity index (χ2v) is 8.39. The average Bonchev–Trinajstić information content (AvgIpc) is 3.28. The normalized spacial score (nSPS) is 21.4. The van der Waals surface area contributed by atoms with Crippen molar-refractivity contribution in [2.24, 2.45) is 0 Å². The molecule has 3 aromatic rings. The molecule has 2 aromatic heterocycles. The number of benzene rings is 1. The van der Waals surface area contributed by atoms with Gasteiger partial charge in [0.1, 0.15) is 5.52 Å². The van der Waals surface area contributed by atoms with E-state index in [0.717, 1.165) is 62.0 Å². The van der Waals surface area contributed by atoms with Crippen LogP contribution in [0.15, 0.2) is 47.1 Å². The van der Waals surface area contributed by atoms with E-state index in [2.05, 4.69) is 19.8 Å². The molecule has 162 valence electrons. The Morgan fingerprint density at radius 2 is 1.84 bits per heavy atom. The van der Waals surface area contributed by atoms with Gasteiger partial charge in [0.05, 0.1) is 6.04 Å². The molecule has 0 saturated carbocycles. The van der Waals surface area contributed by atoms with Gasteiger partial charge in [-0.15, -0.1) is 0 Å². The van der Waals surface area contributed by atoms with E-state index < -0.39 is 0 Å². The average molecular weight is 421 g/mol. The van der Waals surface area contributed by atoms with E-state index in [1.165, 1.54) is 0 Å². The van der Waals surface area contributed by atoms with E-state index in [4.69, 9.17) is 9.40 Å². The Morgan fingerprint density at radius 1 is 1.06 bits per heavy atom. The molecule has 1 amide bonds. The van der Waals surface area contributed by atoms with Crippen molar-refractivity contribution in [3.8, 4) is 0 Å². The van der Waals surface area contributed by atoms with Gasteiger partial charge in [0, 0.05) is 51.0 Å². The summed E-state index contributed by atoms with van der Waals surface area (Å²) in [5, 5.41) is 0. The zero-order valence-corrected chi connectivity index (χ0v) is 17.9. The lowest BCUT2D eigenvalue weighted by atomic mass is 9.96. The maximum absolute atomic E-state index is 13.2. The molecule has 8 nitrogen and oxygen atoms in total. The predicted molar refractivity (Wildman–Crippen MR) is 118 cm³/mol. The second-order valence-electron chi connectivity index (χ2n) is 8.39. The minimum absolute atomic E-state index is 0.147. The van der Waals surface area contributed by atoms with Crippen LogP contribution in [-0.4, -0.2) is 76.0 Å². The molecule has 2 aliphatic heterocycles. The molecule has 0 aliphatic carbocycles. The Hall–Kier alpha value is -3.00. The number of hydrogen-bond acceptors (Lipinski definition) is 7. The number of rotatable bonds is 4. The molecule has 2 aliphatic rings. The molecule has 2 unspecified atom stereocenters. The number of likely N-dealkylation sites (tertiary alicyclic amines) is 1. The smallest absolute Gasteiger partial charge is 0.239 e. The number of hydrogen-bond donors (Lipinski definition) is 0. The second kappa shape index (κ2) is 8.63. The molecule has 0 radical (unpaired) electrons. The van der Waals surface area contributed by atoms with Crippen LogP contribution in [0, 0.1) is 0 Å². The number of amides is 1. The molecule has 5 rings (SSSR count). The number of para-hydroxylation sites is 2. The predicted octanol–water partition coefficient (Wildman–Crippen LogP) is 2.53. The summed E-state index contributed by atoms with van der Waals surface area (Å²) in [5.74, 6) is 1.96. The monoisotopic (exact) mass is 420 g/mol. The first kappa shape index (κ1) is 19.9. The first-order valence-electron chi connectivity index (χ1n) is 11.1. The third kappa shape index (κ3) is 4.12. The van der Waals surface area contributed by atoms with Crippen LogP contribution in [-0.2, 0) is 4.79 Å². The lowest BCUT2D eigenvalue weighted by Gasteiger charge is -2.40. The molecule has 4 heterocycles. The molecule has 2 atom stereocenters. The fraction of sp³-hybridized carbons (Fsp3) is 0.478. The lowest BCUT2D eigenvalue weighted by Crippen LogP contribution is -2.55. The van der Waals surface area contributed by atoms with Crippen LogP contribution in [0.5, 0.6) is 0 Å². The van der Waals surface area contributed by atoms with Gasteiger partial charge in [-0.1, -0.05) is 12.1 Å². The number of oxazole rings is 1. The topological polar surface area (TPSA) is 78.6 Å². The summed E-state index contributed by atoms with van der Waals surface area (Å²) in [6.07, 6.45) is 5.59. The Kier molecular flexibility index (Phi) is 5.55. The van der Waals surface area contributed by atoms with Gasteiger partial charge in [0.25, 0.3) is 0 Å². The van der Waals surface area contributed by atoms with Crippen LogP contribution in [0.2, 0.25) is 0 Å². The number of aromatic nitrogens is 3. The molecular formula is C23H28N6O2. The Bertz CT molecular complexity index is 998. The zero-order valence-electron chi connectivity index (χ0n) is 17.9. The fourth-order valence-electron chi connectivity index (χ4n) is 4.63. The largest absolute Gasteiger partial charge is 0.440 e. The molecule has 1 aromatic carbocycles. The number of piperidine rings is 1. The van der Waals surface area contributed by atoms with Crippen molar-refractivity contribution in [3.63, 3.8) is 0 Å². The van der Waals surface area contributed by atoms with E-state index in [1.807, 2.05) is 42.2 Å². The SMILES string of the molecule is CC(C(=O)N1CCN(c2ncccn2)CC1)N1CCCC(c2nc3ccccc3o2)C1. The number of piperazine rings is 1. The maximum Gasteiger partial charge on any atom is 0.239 e. The maximum atomic E-state index is 13.2. The van der Waals surface area contributed by atoms with E-state index in [1.54, 1.807) is 12.4 Å². The Morgan fingerprint density at radius 3 is 2.61 bits per heavy atom. The van der Waals surface area contributed by atoms with Gasteiger partial charge in [-0.25, -0.2) is 15.0 Å². The molecule has 2 saturated heterocycles. The standard InChI is InChI=1S/C23H28N6O2/c1-17(22(30)27-12-14-28(15-13-27)23-24-9-5-10-25-23)29-11-4-6-18(16-29)21-26-19-7-2-3-8-20(19)31-21/h2-3,5,7-10,17-18H,4,6,11-16H2,1H3.